The quantitative estimate of drug-likeness (QED) is 0.766. The molecule has 1 aromatic carbocycles. The van der Waals surface area contributed by atoms with Crippen molar-refractivity contribution < 1.29 is 9.47 Å². The molecule has 0 aliphatic rings. The molecule has 2 aromatic rings. The van der Waals surface area contributed by atoms with Crippen molar-refractivity contribution in [3.8, 4) is 5.75 Å². The highest BCUT2D eigenvalue weighted by Gasteiger charge is 2.11. The Morgan fingerprint density at radius 3 is 2.75 bits per heavy atom. The van der Waals surface area contributed by atoms with Crippen LogP contribution in [0.2, 0.25) is 5.15 Å². The van der Waals surface area contributed by atoms with Crippen LogP contribution in [0.5, 0.6) is 5.75 Å². The maximum Gasteiger partial charge on any atom is 0.147 e. The SMILES string of the molecule is COCc1nc(Cc2cccc(OC)c2)nc(Cl)c1Br. The van der Waals surface area contributed by atoms with E-state index in [-0.39, 0.29) is 0 Å². The van der Waals surface area contributed by atoms with Gasteiger partial charge >= 0.3 is 0 Å². The fourth-order valence-corrected chi connectivity index (χ4v) is 2.29. The molecular formula is C14H14BrClN2O2. The maximum absolute atomic E-state index is 6.10. The van der Waals surface area contributed by atoms with Crippen molar-refractivity contribution in [1.82, 2.24) is 9.97 Å². The first-order valence-corrected chi connectivity index (χ1v) is 7.13. The van der Waals surface area contributed by atoms with E-state index in [1.54, 1.807) is 14.2 Å². The van der Waals surface area contributed by atoms with Gasteiger partial charge in [0, 0.05) is 13.5 Å². The van der Waals surface area contributed by atoms with Crippen molar-refractivity contribution >= 4 is 27.5 Å². The van der Waals surface area contributed by atoms with Crippen LogP contribution in [0, 0.1) is 0 Å². The number of rotatable bonds is 5. The highest BCUT2D eigenvalue weighted by molar-refractivity contribution is 9.10. The van der Waals surface area contributed by atoms with Crippen LogP contribution in [0.3, 0.4) is 0 Å². The van der Waals surface area contributed by atoms with Crippen LogP contribution in [-0.2, 0) is 17.8 Å². The molecule has 0 saturated carbocycles. The summed E-state index contributed by atoms with van der Waals surface area (Å²) in [5, 5.41) is 0.393. The minimum absolute atomic E-state index is 0.383. The van der Waals surface area contributed by atoms with E-state index in [1.807, 2.05) is 24.3 Å². The molecule has 0 radical (unpaired) electrons. The lowest BCUT2D eigenvalue weighted by Crippen LogP contribution is -2.04. The van der Waals surface area contributed by atoms with Gasteiger partial charge in [-0.2, -0.15) is 0 Å². The van der Waals surface area contributed by atoms with E-state index in [4.69, 9.17) is 21.1 Å². The molecule has 20 heavy (non-hydrogen) atoms. The van der Waals surface area contributed by atoms with Crippen molar-refractivity contribution in [1.29, 1.82) is 0 Å². The number of nitrogens with zero attached hydrogens (tertiary/aromatic N) is 2. The molecule has 2 rings (SSSR count). The molecule has 0 spiro atoms. The lowest BCUT2D eigenvalue weighted by molar-refractivity contribution is 0.180. The Balaban J connectivity index is 2.28. The number of hydrogen-bond acceptors (Lipinski definition) is 4. The van der Waals surface area contributed by atoms with Gasteiger partial charge in [0.05, 0.1) is 23.9 Å². The van der Waals surface area contributed by atoms with E-state index < -0.39 is 0 Å². The first-order chi connectivity index (χ1) is 9.63. The lowest BCUT2D eigenvalue weighted by atomic mass is 10.1. The molecule has 1 heterocycles. The highest BCUT2D eigenvalue weighted by Crippen LogP contribution is 2.25. The van der Waals surface area contributed by atoms with E-state index >= 15 is 0 Å². The third-order valence-corrected chi connectivity index (χ3v) is 4.04. The Morgan fingerprint density at radius 2 is 2.05 bits per heavy atom. The van der Waals surface area contributed by atoms with Gasteiger partial charge in [0.2, 0.25) is 0 Å². The number of methoxy groups -OCH3 is 2. The zero-order valence-corrected chi connectivity index (χ0v) is 13.5. The Morgan fingerprint density at radius 1 is 1.25 bits per heavy atom. The summed E-state index contributed by atoms with van der Waals surface area (Å²) >= 11 is 9.47. The third kappa shape index (κ3) is 3.69. The van der Waals surface area contributed by atoms with Crippen LogP contribution in [0.15, 0.2) is 28.7 Å². The zero-order valence-electron chi connectivity index (χ0n) is 11.2. The largest absolute Gasteiger partial charge is 0.497 e. The topological polar surface area (TPSA) is 44.2 Å². The van der Waals surface area contributed by atoms with Gasteiger partial charge in [-0.3, -0.25) is 0 Å². The molecule has 1 aromatic heterocycles. The van der Waals surface area contributed by atoms with Crippen LogP contribution >= 0.6 is 27.5 Å². The molecule has 0 aliphatic carbocycles. The Kier molecular flexibility index (Phi) is 5.34. The normalized spacial score (nSPS) is 10.6. The second-order valence-electron chi connectivity index (χ2n) is 4.15. The number of hydrogen-bond donors (Lipinski definition) is 0. The summed E-state index contributed by atoms with van der Waals surface area (Å²) in [6.45, 7) is 0.383. The molecule has 0 fully saturated rings. The Labute approximate surface area is 131 Å². The van der Waals surface area contributed by atoms with E-state index in [0.29, 0.717) is 28.5 Å². The summed E-state index contributed by atoms with van der Waals surface area (Å²) < 4.78 is 11.0. The Bertz CT molecular complexity index is 608. The fourth-order valence-electron chi connectivity index (χ4n) is 1.79. The van der Waals surface area contributed by atoms with Crippen molar-refractivity contribution in [3.63, 3.8) is 0 Å². The molecular weight excluding hydrogens is 344 g/mol. The average molecular weight is 358 g/mol. The van der Waals surface area contributed by atoms with Gasteiger partial charge < -0.3 is 9.47 Å². The van der Waals surface area contributed by atoms with E-state index in [0.717, 1.165) is 17.0 Å². The first kappa shape index (κ1) is 15.2. The summed E-state index contributed by atoms with van der Waals surface area (Å²) in [4.78, 5) is 8.74. The van der Waals surface area contributed by atoms with Crippen molar-refractivity contribution in [2.75, 3.05) is 14.2 Å². The summed E-state index contributed by atoms with van der Waals surface area (Å²) in [5.74, 6) is 1.46. The molecule has 106 valence electrons. The molecule has 0 bridgehead atoms. The number of aromatic nitrogens is 2. The fraction of sp³-hybridized carbons (Fsp3) is 0.286. The van der Waals surface area contributed by atoms with Crippen LogP contribution in [0.25, 0.3) is 0 Å². The minimum atomic E-state index is 0.383. The molecule has 0 unspecified atom stereocenters. The smallest absolute Gasteiger partial charge is 0.147 e. The molecule has 4 nitrogen and oxygen atoms in total. The van der Waals surface area contributed by atoms with E-state index in [9.17, 15) is 0 Å². The molecule has 0 amide bonds. The predicted octanol–water partition coefficient (Wildman–Crippen LogP) is 3.64. The molecule has 0 saturated heterocycles. The predicted molar refractivity (Wildman–Crippen MR) is 81.3 cm³/mol. The zero-order chi connectivity index (χ0) is 14.5. The summed E-state index contributed by atoms with van der Waals surface area (Å²) in [6, 6.07) is 7.78. The van der Waals surface area contributed by atoms with Gasteiger partial charge in [0.15, 0.2) is 0 Å². The van der Waals surface area contributed by atoms with Crippen LogP contribution in [0.1, 0.15) is 17.1 Å². The molecule has 0 aliphatic heterocycles. The molecule has 0 N–H and O–H groups in total. The Hall–Kier alpha value is -1.17. The van der Waals surface area contributed by atoms with Crippen molar-refractivity contribution in [3.05, 3.63) is 51.0 Å². The maximum atomic E-state index is 6.10. The van der Waals surface area contributed by atoms with Gasteiger partial charge in [0.1, 0.15) is 16.7 Å². The molecule has 6 heteroatoms. The van der Waals surface area contributed by atoms with Crippen LogP contribution < -0.4 is 4.74 Å². The van der Waals surface area contributed by atoms with Gasteiger partial charge in [0.25, 0.3) is 0 Å². The second kappa shape index (κ2) is 7.02. The summed E-state index contributed by atoms with van der Waals surface area (Å²) in [5.41, 5.74) is 1.80. The number of benzene rings is 1. The highest BCUT2D eigenvalue weighted by atomic mass is 79.9. The van der Waals surface area contributed by atoms with Crippen molar-refractivity contribution in [2.24, 2.45) is 0 Å². The van der Waals surface area contributed by atoms with Gasteiger partial charge in [-0.1, -0.05) is 23.7 Å². The third-order valence-electron chi connectivity index (χ3n) is 2.70. The second-order valence-corrected chi connectivity index (χ2v) is 5.30. The number of ether oxygens (including phenoxy) is 2. The lowest BCUT2D eigenvalue weighted by Gasteiger charge is -2.08. The summed E-state index contributed by atoms with van der Waals surface area (Å²) in [7, 11) is 3.26. The van der Waals surface area contributed by atoms with E-state index in [1.165, 1.54) is 0 Å². The number of halogens is 2. The standard InChI is InChI=1S/C14H14BrClN2O2/c1-19-8-11-13(15)14(16)18-12(17-11)7-9-4-3-5-10(6-9)20-2/h3-6H,7-8H2,1-2H3. The van der Waals surface area contributed by atoms with Gasteiger partial charge in [-0.15, -0.1) is 0 Å². The first-order valence-electron chi connectivity index (χ1n) is 5.96. The van der Waals surface area contributed by atoms with Crippen LogP contribution in [-0.4, -0.2) is 24.2 Å². The van der Waals surface area contributed by atoms with Crippen molar-refractivity contribution in [2.45, 2.75) is 13.0 Å². The monoisotopic (exact) mass is 356 g/mol. The summed E-state index contributed by atoms with van der Waals surface area (Å²) in [6.07, 6.45) is 0.584. The van der Waals surface area contributed by atoms with E-state index in [2.05, 4.69) is 25.9 Å². The minimum Gasteiger partial charge on any atom is -0.497 e. The average Bonchev–Trinajstić information content (AvgIpc) is 2.44. The van der Waals surface area contributed by atoms with Crippen LogP contribution in [0.4, 0.5) is 0 Å². The van der Waals surface area contributed by atoms with Gasteiger partial charge in [-0.25, -0.2) is 9.97 Å². The molecule has 0 atom stereocenters. The van der Waals surface area contributed by atoms with Gasteiger partial charge in [-0.05, 0) is 33.6 Å².